The molecule has 0 radical (unpaired) electrons. The number of aliphatic carboxylic acids is 1. The molecule has 0 aromatic heterocycles. The van der Waals surface area contributed by atoms with Crippen LogP contribution in [-0.4, -0.2) is 94.3 Å². The van der Waals surface area contributed by atoms with Crippen molar-refractivity contribution in [3.8, 4) is 11.5 Å². The molecule has 36 heavy (non-hydrogen) atoms. The van der Waals surface area contributed by atoms with E-state index in [0.29, 0.717) is 25.4 Å². The van der Waals surface area contributed by atoms with E-state index in [9.17, 15) is 26.4 Å². The Morgan fingerprint density at radius 2 is 1.72 bits per heavy atom. The first-order valence-electron chi connectivity index (χ1n) is 11.4. The van der Waals surface area contributed by atoms with Crippen LogP contribution in [0.4, 0.5) is 13.2 Å². The summed E-state index contributed by atoms with van der Waals surface area (Å²) in [5.41, 5.74) is 0. The summed E-state index contributed by atoms with van der Waals surface area (Å²) in [5.74, 6) is -2.07. The van der Waals surface area contributed by atoms with Crippen LogP contribution >= 0.6 is 0 Å². The van der Waals surface area contributed by atoms with Gasteiger partial charge in [-0.05, 0) is 18.6 Å². The minimum Gasteiger partial charge on any atom is -0.497 e. The van der Waals surface area contributed by atoms with E-state index < -0.39 is 22.2 Å². The van der Waals surface area contributed by atoms with Crippen LogP contribution in [0.1, 0.15) is 32.6 Å². The van der Waals surface area contributed by atoms with Gasteiger partial charge in [0.25, 0.3) is 0 Å². The van der Waals surface area contributed by atoms with Crippen molar-refractivity contribution in [2.75, 3.05) is 53.5 Å². The number of halogens is 3. The van der Waals surface area contributed by atoms with Crippen molar-refractivity contribution in [3.63, 3.8) is 0 Å². The number of carboxylic acids is 1. The number of benzene rings is 1. The van der Waals surface area contributed by atoms with E-state index in [2.05, 4.69) is 12.2 Å². The number of hydrogen-bond acceptors (Lipinski definition) is 7. The lowest BCUT2D eigenvalue weighted by atomic mass is 10.2. The van der Waals surface area contributed by atoms with Crippen LogP contribution in [0.3, 0.4) is 0 Å². The molecule has 0 atom stereocenters. The van der Waals surface area contributed by atoms with Crippen LogP contribution in [0.5, 0.6) is 11.5 Å². The number of piperazine rings is 1. The van der Waals surface area contributed by atoms with Crippen molar-refractivity contribution in [2.24, 2.45) is 0 Å². The molecule has 10 nitrogen and oxygen atoms in total. The molecule has 1 aromatic carbocycles. The summed E-state index contributed by atoms with van der Waals surface area (Å²) >= 11 is 0. The highest BCUT2D eigenvalue weighted by Crippen LogP contribution is 2.31. The van der Waals surface area contributed by atoms with Crippen molar-refractivity contribution < 1.29 is 45.8 Å². The highest BCUT2D eigenvalue weighted by Gasteiger charge is 2.38. The van der Waals surface area contributed by atoms with Gasteiger partial charge in [0, 0.05) is 51.8 Å². The van der Waals surface area contributed by atoms with Gasteiger partial charge >= 0.3 is 12.1 Å². The normalized spacial score (nSPS) is 14.1. The smallest absolute Gasteiger partial charge is 0.490 e. The maximum Gasteiger partial charge on any atom is 0.490 e. The van der Waals surface area contributed by atoms with Crippen molar-refractivity contribution in [1.82, 2.24) is 14.5 Å². The number of carboxylic acid groups (broad SMARTS) is 1. The second kappa shape index (κ2) is 14.9. The quantitative estimate of drug-likeness (QED) is 0.409. The number of hydrogen-bond donors (Lipinski definition) is 2. The fourth-order valence-corrected chi connectivity index (χ4v) is 4.96. The van der Waals surface area contributed by atoms with Gasteiger partial charge in [0.2, 0.25) is 15.9 Å². The third-order valence-electron chi connectivity index (χ3n) is 5.29. The molecule has 1 aliphatic rings. The number of nitrogens with zero attached hydrogens (tertiary/aromatic N) is 2. The van der Waals surface area contributed by atoms with E-state index in [-0.39, 0.29) is 29.5 Å². The number of carbonyl (C=O) groups excluding carboxylic acids is 1. The maximum atomic E-state index is 13.4. The minimum atomic E-state index is -5.08. The number of ether oxygens (including phenoxy) is 2. The van der Waals surface area contributed by atoms with E-state index in [1.165, 1.54) is 24.6 Å². The van der Waals surface area contributed by atoms with Gasteiger partial charge in [-0.2, -0.15) is 17.5 Å². The van der Waals surface area contributed by atoms with Crippen LogP contribution in [-0.2, 0) is 19.6 Å². The Morgan fingerprint density at radius 1 is 1.11 bits per heavy atom. The third kappa shape index (κ3) is 9.82. The molecule has 0 bridgehead atoms. The molecule has 2 N–H and O–H groups in total. The van der Waals surface area contributed by atoms with Gasteiger partial charge < -0.3 is 24.8 Å². The molecule has 1 fully saturated rings. The SMILES string of the molecule is CCCCCN(CCC(=O)N1CCNCC1)S(=O)(=O)c1cc(OC)ccc1OC.O=C(O)C(F)(F)F. The lowest BCUT2D eigenvalue weighted by molar-refractivity contribution is -0.192. The highest BCUT2D eigenvalue weighted by molar-refractivity contribution is 7.89. The zero-order valence-corrected chi connectivity index (χ0v) is 21.5. The van der Waals surface area contributed by atoms with Crippen LogP contribution in [0.2, 0.25) is 0 Å². The molecule has 0 aliphatic carbocycles. The third-order valence-corrected chi connectivity index (χ3v) is 7.21. The number of sulfonamides is 1. The largest absolute Gasteiger partial charge is 0.497 e. The Labute approximate surface area is 209 Å². The van der Waals surface area contributed by atoms with E-state index in [0.717, 1.165) is 32.4 Å². The van der Waals surface area contributed by atoms with Crippen molar-refractivity contribution >= 4 is 21.9 Å². The Kier molecular flexibility index (Phi) is 13.0. The van der Waals surface area contributed by atoms with E-state index in [1.807, 2.05) is 0 Å². The summed E-state index contributed by atoms with van der Waals surface area (Å²) in [6.45, 7) is 5.44. The number of alkyl halides is 3. The first-order valence-corrected chi connectivity index (χ1v) is 12.8. The van der Waals surface area contributed by atoms with Crippen molar-refractivity contribution in [3.05, 3.63) is 18.2 Å². The molecule has 1 amide bonds. The molecular formula is C22H34F3N3O7S. The molecule has 206 valence electrons. The van der Waals surface area contributed by atoms with Gasteiger partial charge in [0.15, 0.2) is 0 Å². The average Bonchev–Trinajstić information content (AvgIpc) is 2.85. The summed E-state index contributed by atoms with van der Waals surface area (Å²) in [5, 5.41) is 10.3. The van der Waals surface area contributed by atoms with Crippen LogP contribution < -0.4 is 14.8 Å². The number of methoxy groups -OCH3 is 2. The Morgan fingerprint density at radius 3 is 2.22 bits per heavy atom. The number of unbranched alkanes of at least 4 members (excludes halogenated alkanes) is 2. The van der Waals surface area contributed by atoms with E-state index in [1.54, 1.807) is 17.0 Å². The van der Waals surface area contributed by atoms with Crippen LogP contribution in [0, 0.1) is 0 Å². The van der Waals surface area contributed by atoms with Gasteiger partial charge in [-0.3, -0.25) is 4.79 Å². The predicted octanol–water partition coefficient (Wildman–Crippen LogP) is 2.34. The van der Waals surface area contributed by atoms with Gasteiger partial charge in [-0.25, -0.2) is 13.2 Å². The molecule has 2 rings (SSSR count). The fraction of sp³-hybridized carbons (Fsp3) is 0.636. The second-order valence-electron chi connectivity index (χ2n) is 7.81. The topological polar surface area (TPSA) is 125 Å². The summed E-state index contributed by atoms with van der Waals surface area (Å²) in [6.07, 6.45) is -2.27. The molecule has 1 aromatic rings. The summed E-state index contributed by atoms with van der Waals surface area (Å²) in [7, 11) is -0.908. The van der Waals surface area contributed by atoms with Crippen LogP contribution in [0.25, 0.3) is 0 Å². The Bertz CT molecular complexity index is 953. The number of amides is 1. The summed E-state index contributed by atoms with van der Waals surface area (Å²) < 4.78 is 70.5. The molecule has 0 unspecified atom stereocenters. The molecule has 1 heterocycles. The lowest BCUT2D eigenvalue weighted by Gasteiger charge is -2.29. The molecule has 1 saturated heterocycles. The first kappa shape index (κ1) is 31.4. The molecule has 14 heteroatoms. The van der Waals surface area contributed by atoms with Crippen molar-refractivity contribution in [1.29, 1.82) is 0 Å². The summed E-state index contributed by atoms with van der Waals surface area (Å²) in [6, 6.07) is 4.72. The van der Waals surface area contributed by atoms with Gasteiger partial charge in [0.1, 0.15) is 16.4 Å². The number of carbonyl (C=O) groups is 2. The number of nitrogens with one attached hydrogen (secondary N) is 1. The van der Waals surface area contributed by atoms with Crippen LogP contribution in [0.15, 0.2) is 23.1 Å². The molecule has 0 spiro atoms. The zero-order chi connectivity index (χ0) is 27.4. The highest BCUT2D eigenvalue weighted by atomic mass is 32.2. The number of rotatable bonds is 11. The molecular weight excluding hydrogens is 507 g/mol. The second-order valence-corrected chi connectivity index (χ2v) is 9.72. The Hall–Kier alpha value is -2.58. The fourth-order valence-electron chi connectivity index (χ4n) is 3.31. The monoisotopic (exact) mass is 541 g/mol. The first-order chi connectivity index (χ1) is 16.9. The van der Waals surface area contributed by atoms with Gasteiger partial charge in [-0.15, -0.1) is 0 Å². The van der Waals surface area contributed by atoms with E-state index >= 15 is 0 Å². The zero-order valence-electron chi connectivity index (χ0n) is 20.6. The van der Waals surface area contributed by atoms with Gasteiger partial charge in [-0.1, -0.05) is 19.8 Å². The molecule has 1 aliphatic heterocycles. The van der Waals surface area contributed by atoms with E-state index in [4.69, 9.17) is 19.4 Å². The van der Waals surface area contributed by atoms with Crippen molar-refractivity contribution in [2.45, 2.75) is 43.7 Å². The summed E-state index contributed by atoms with van der Waals surface area (Å²) in [4.78, 5) is 23.3. The van der Waals surface area contributed by atoms with Gasteiger partial charge in [0.05, 0.1) is 14.2 Å². The lowest BCUT2D eigenvalue weighted by Crippen LogP contribution is -2.47. The molecule has 0 saturated carbocycles. The average molecular weight is 542 g/mol. The standard InChI is InChI=1S/C20H33N3O5S.C2HF3O2/c1-4-5-6-12-23(13-9-20(24)22-14-10-21-11-15-22)29(25,26)19-16-17(27-2)7-8-18(19)28-3;3-2(4,5)1(6)7/h7-8,16,21H,4-6,9-15H2,1-3H3;(H,6,7). The predicted molar refractivity (Wildman–Crippen MR) is 126 cm³/mol. The Balaban J connectivity index is 0.000000809. The maximum absolute atomic E-state index is 13.4. The minimum absolute atomic E-state index is 0.0141.